The van der Waals surface area contributed by atoms with Crippen LogP contribution in [0.2, 0.25) is 5.02 Å². The first-order chi connectivity index (χ1) is 20.2. The van der Waals surface area contributed by atoms with Gasteiger partial charge in [0.25, 0.3) is 0 Å². The number of carbonyl (C=O) groups is 2. The second-order valence-corrected chi connectivity index (χ2v) is 12.4. The van der Waals surface area contributed by atoms with E-state index in [0.717, 1.165) is 18.5 Å². The molecule has 10 heteroatoms. The lowest BCUT2D eigenvalue weighted by Crippen LogP contribution is -2.31. The quantitative estimate of drug-likeness (QED) is 0.100. The van der Waals surface area contributed by atoms with Crippen molar-refractivity contribution in [3.8, 4) is 11.4 Å². The number of rotatable bonds is 18. The number of anilines is 1. The maximum atomic E-state index is 12.6. The van der Waals surface area contributed by atoms with E-state index >= 15 is 0 Å². The zero-order chi connectivity index (χ0) is 30.4. The molecule has 0 spiro atoms. The lowest BCUT2D eigenvalue weighted by molar-refractivity contribution is -0.143. The fourth-order valence-corrected chi connectivity index (χ4v) is 5.29. The first-order valence-electron chi connectivity index (χ1n) is 15.7. The number of aromatic amines is 1. The summed E-state index contributed by atoms with van der Waals surface area (Å²) >= 11 is 6.57. The van der Waals surface area contributed by atoms with Crippen LogP contribution in [0.3, 0.4) is 0 Å². The highest BCUT2D eigenvalue weighted by Gasteiger charge is 2.25. The highest BCUT2D eigenvalue weighted by atomic mass is 35.5. The zero-order valence-electron chi connectivity index (χ0n) is 25.9. The van der Waals surface area contributed by atoms with Crippen LogP contribution in [0.1, 0.15) is 117 Å². The minimum absolute atomic E-state index is 0.122. The molecule has 0 aliphatic carbocycles. The number of H-pyrrole nitrogens is 1. The molecule has 232 valence electrons. The van der Waals surface area contributed by atoms with Crippen molar-refractivity contribution in [3.63, 3.8) is 0 Å². The summed E-state index contributed by atoms with van der Waals surface area (Å²) in [6.45, 7) is 9.00. The van der Waals surface area contributed by atoms with E-state index in [1.807, 2.05) is 39.0 Å². The van der Waals surface area contributed by atoms with Gasteiger partial charge in [0, 0.05) is 17.5 Å². The summed E-state index contributed by atoms with van der Waals surface area (Å²) in [4.78, 5) is 27.8. The van der Waals surface area contributed by atoms with E-state index in [9.17, 15) is 9.59 Å². The molecule has 0 saturated heterocycles. The molecule has 0 aliphatic heterocycles. The molecule has 9 nitrogen and oxygen atoms in total. The van der Waals surface area contributed by atoms with E-state index < -0.39 is 6.03 Å². The number of hydrogen-bond donors (Lipinski definition) is 3. The molecule has 0 saturated carbocycles. The number of ether oxygens (including phenoxy) is 1. The van der Waals surface area contributed by atoms with Gasteiger partial charge in [0.15, 0.2) is 11.5 Å². The molecule has 3 rings (SSSR count). The van der Waals surface area contributed by atoms with Crippen molar-refractivity contribution in [2.24, 2.45) is 0 Å². The molecule has 0 unspecified atom stereocenters. The predicted molar refractivity (Wildman–Crippen MR) is 170 cm³/mol. The SMILES string of the molecule is CCCCCCCCCCCCCCOC(=O)CCNC(=O)Nc1ccccc1-c1nn2nc(C(C)(C)C)c(Cl)c2[nH]1. The van der Waals surface area contributed by atoms with Crippen LogP contribution in [-0.2, 0) is 14.9 Å². The highest BCUT2D eigenvalue weighted by Crippen LogP contribution is 2.33. The van der Waals surface area contributed by atoms with E-state index in [4.69, 9.17) is 16.3 Å². The lowest BCUT2D eigenvalue weighted by Gasteiger charge is -2.14. The number of para-hydroxylation sites is 1. The summed E-state index contributed by atoms with van der Waals surface area (Å²) in [5.74, 6) is 0.223. The lowest BCUT2D eigenvalue weighted by atomic mass is 9.92. The van der Waals surface area contributed by atoms with Gasteiger partial charge in [-0.1, -0.05) is 122 Å². The fourth-order valence-electron chi connectivity index (χ4n) is 4.84. The summed E-state index contributed by atoms with van der Waals surface area (Å²) in [6.07, 6.45) is 15.3. The maximum absolute atomic E-state index is 12.6. The second-order valence-electron chi connectivity index (χ2n) is 12.0. The number of nitrogens with one attached hydrogen (secondary N) is 3. The van der Waals surface area contributed by atoms with Crippen molar-refractivity contribution in [1.29, 1.82) is 0 Å². The Bertz CT molecular complexity index is 1260. The molecule has 2 aromatic heterocycles. The van der Waals surface area contributed by atoms with Gasteiger partial charge in [-0.2, -0.15) is 5.10 Å². The van der Waals surface area contributed by atoms with Crippen LogP contribution in [0.5, 0.6) is 0 Å². The van der Waals surface area contributed by atoms with Crippen LogP contribution in [-0.4, -0.2) is 45.0 Å². The van der Waals surface area contributed by atoms with Gasteiger partial charge in [-0.05, 0) is 18.6 Å². The predicted octanol–water partition coefficient (Wildman–Crippen LogP) is 8.43. The van der Waals surface area contributed by atoms with E-state index in [-0.39, 0.29) is 24.3 Å². The molecule has 1 aromatic carbocycles. The molecule has 0 fully saturated rings. The third kappa shape index (κ3) is 10.6. The molecule has 2 heterocycles. The van der Waals surface area contributed by atoms with Gasteiger partial charge in [0.2, 0.25) is 0 Å². The first kappa shape index (κ1) is 33.4. The molecular weight excluding hydrogens is 552 g/mol. The number of carbonyl (C=O) groups excluding carboxylic acids is 2. The standard InChI is InChI=1S/C32H49ClN6O3/c1-5-6-7-8-9-10-11-12-13-14-15-18-23-42-26(40)21-22-34-31(41)35-25-20-17-16-19-24(25)29-36-30-27(33)28(32(2,3)4)37-39(30)38-29/h16-17,19-20H,5-15,18,21-23H2,1-4H3,(H,36,38)(H2,34,35,41). The van der Waals surface area contributed by atoms with Crippen molar-refractivity contribution >= 4 is 34.9 Å². The van der Waals surface area contributed by atoms with Gasteiger partial charge >= 0.3 is 12.0 Å². The average Bonchev–Trinajstić information content (AvgIpc) is 3.50. The van der Waals surface area contributed by atoms with Crippen molar-refractivity contribution in [2.45, 2.75) is 117 Å². The summed E-state index contributed by atoms with van der Waals surface area (Å²) in [7, 11) is 0. The van der Waals surface area contributed by atoms with E-state index in [1.165, 1.54) is 68.8 Å². The fraction of sp³-hybridized carbons (Fsp3) is 0.625. The van der Waals surface area contributed by atoms with Crippen LogP contribution in [0.4, 0.5) is 10.5 Å². The maximum Gasteiger partial charge on any atom is 0.319 e. The number of halogens is 1. The Morgan fingerprint density at radius 3 is 2.17 bits per heavy atom. The smallest absolute Gasteiger partial charge is 0.319 e. The number of fused-ring (bicyclic) bond motifs is 1. The molecule has 0 radical (unpaired) electrons. The molecule has 2 amide bonds. The number of nitrogens with zero attached hydrogens (tertiary/aromatic N) is 3. The normalized spacial score (nSPS) is 11.6. The molecule has 0 aliphatic rings. The average molecular weight is 601 g/mol. The van der Waals surface area contributed by atoms with Crippen molar-refractivity contribution < 1.29 is 14.3 Å². The molecule has 3 aromatic rings. The third-order valence-corrected chi connectivity index (χ3v) is 7.62. The highest BCUT2D eigenvalue weighted by molar-refractivity contribution is 6.34. The largest absolute Gasteiger partial charge is 0.466 e. The Morgan fingerprint density at radius 1 is 0.929 bits per heavy atom. The van der Waals surface area contributed by atoms with Gasteiger partial charge in [0.05, 0.1) is 24.4 Å². The topological polar surface area (TPSA) is 113 Å². The monoisotopic (exact) mass is 600 g/mol. The van der Waals surface area contributed by atoms with E-state index in [0.29, 0.717) is 34.4 Å². The number of benzene rings is 1. The molecular formula is C32H49ClN6O3. The van der Waals surface area contributed by atoms with E-state index in [2.05, 4.69) is 32.7 Å². The van der Waals surface area contributed by atoms with Crippen LogP contribution in [0, 0.1) is 0 Å². The van der Waals surface area contributed by atoms with Gasteiger partial charge in [-0.3, -0.25) is 4.79 Å². The van der Waals surface area contributed by atoms with Crippen molar-refractivity contribution in [2.75, 3.05) is 18.5 Å². The number of esters is 1. The molecule has 0 bridgehead atoms. The number of aromatic nitrogens is 4. The number of unbranched alkanes of at least 4 members (excludes halogenated alkanes) is 11. The van der Waals surface area contributed by atoms with Gasteiger partial charge < -0.3 is 20.4 Å². The Hall–Kier alpha value is -3.07. The van der Waals surface area contributed by atoms with Crippen molar-refractivity contribution in [1.82, 2.24) is 25.1 Å². The minimum Gasteiger partial charge on any atom is -0.466 e. The Morgan fingerprint density at radius 2 is 1.55 bits per heavy atom. The van der Waals surface area contributed by atoms with Crippen molar-refractivity contribution in [3.05, 3.63) is 35.0 Å². The van der Waals surface area contributed by atoms with Crippen LogP contribution < -0.4 is 10.6 Å². The van der Waals surface area contributed by atoms with Crippen LogP contribution >= 0.6 is 11.6 Å². The number of amides is 2. The third-order valence-electron chi connectivity index (χ3n) is 7.26. The van der Waals surface area contributed by atoms with Gasteiger partial charge in [-0.25, -0.2) is 4.79 Å². The molecule has 3 N–H and O–H groups in total. The molecule has 42 heavy (non-hydrogen) atoms. The number of urea groups is 1. The summed E-state index contributed by atoms with van der Waals surface area (Å²) in [5.41, 5.74) is 2.38. The van der Waals surface area contributed by atoms with Crippen LogP contribution in [0.25, 0.3) is 17.0 Å². The number of hydrogen-bond acceptors (Lipinski definition) is 5. The Balaban J connectivity index is 1.31. The van der Waals surface area contributed by atoms with Gasteiger partial charge in [0.1, 0.15) is 5.02 Å². The summed E-state index contributed by atoms with van der Waals surface area (Å²) < 4.78 is 6.81. The van der Waals surface area contributed by atoms with Gasteiger partial charge in [-0.15, -0.1) is 9.73 Å². The first-order valence-corrected chi connectivity index (χ1v) is 16.0. The summed E-state index contributed by atoms with van der Waals surface area (Å²) in [6, 6.07) is 6.90. The zero-order valence-corrected chi connectivity index (χ0v) is 26.6. The Kier molecular flexibility index (Phi) is 13.6. The second kappa shape index (κ2) is 17.1. The van der Waals surface area contributed by atoms with E-state index in [1.54, 1.807) is 6.07 Å². The molecule has 0 atom stereocenters. The summed E-state index contributed by atoms with van der Waals surface area (Å²) in [5, 5.41) is 15.2. The van der Waals surface area contributed by atoms with Crippen LogP contribution in [0.15, 0.2) is 24.3 Å². The minimum atomic E-state index is -0.416. The Labute approximate surface area is 255 Å².